The number of fused-ring (bicyclic) bond motifs is 1. The fourth-order valence-electron chi connectivity index (χ4n) is 5.66. The zero-order valence-electron chi connectivity index (χ0n) is 13.9. The Bertz CT molecular complexity index is 531. The molecule has 3 atom stereocenters. The summed E-state index contributed by atoms with van der Waals surface area (Å²) >= 11 is 0. The quantitative estimate of drug-likeness (QED) is 0.454. The Morgan fingerprint density at radius 1 is 1.09 bits per heavy atom. The molecule has 4 heteroatoms. The van der Waals surface area contributed by atoms with Gasteiger partial charge in [-0.3, -0.25) is 0 Å². The van der Waals surface area contributed by atoms with Crippen LogP contribution < -0.4 is 14.7 Å². The van der Waals surface area contributed by atoms with Crippen LogP contribution in [0.15, 0.2) is 30.3 Å². The number of benzene rings is 1. The van der Waals surface area contributed by atoms with E-state index in [0.29, 0.717) is 5.92 Å². The van der Waals surface area contributed by atoms with Gasteiger partial charge in [0, 0.05) is 0 Å². The summed E-state index contributed by atoms with van der Waals surface area (Å²) in [5.41, 5.74) is 0.721. The Kier molecular flexibility index (Phi) is 3.35. The second kappa shape index (κ2) is 5.03. The minimum atomic E-state index is -0.565. The van der Waals surface area contributed by atoms with Crippen molar-refractivity contribution < 1.29 is 19.8 Å². The third kappa shape index (κ3) is 1.98. The highest BCUT2D eigenvalue weighted by Crippen LogP contribution is 2.41. The van der Waals surface area contributed by atoms with Crippen LogP contribution in [0.5, 0.6) is 0 Å². The summed E-state index contributed by atoms with van der Waals surface area (Å²) in [4.78, 5) is 4.78. The molecule has 4 bridgehead atoms. The molecule has 4 nitrogen and oxygen atoms in total. The van der Waals surface area contributed by atoms with E-state index in [4.69, 9.17) is 0 Å². The SMILES string of the molecule is C[NH+](C)C[C@]1(O)C2C[NH+]3CC[NH+](C2)CC1(c1ccccc1)C3. The van der Waals surface area contributed by atoms with E-state index in [1.54, 1.807) is 9.80 Å². The first kappa shape index (κ1) is 14.6. The van der Waals surface area contributed by atoms with Gasteiger partial charge in [-0.05, 0) is 5.56 Å². The molecule has 4 N–H and O–H groups in total. The molecule has 4 saturated heterocycles. The molecular formula is C18H30N3O+3. The van der Waals surface area contributed by atoms with Gasteiger partial charge in [0.2, 0.25) is 0 Å². The predicted molar refractivity (Wildman–Crippen MR) is 85.4 cm³/mol. The Morgan fingerprint density at radius 2 is 1.68 bits per heavy atom. The monoisotopic (exact) mass is 304 g/mol. The van der Waals surface area contributed by atoms with Crippen LogP contribution in [0.4, 0.5) is 0 Å². The average molecular weight is 304 g/mol. The van der Waals surface area contributed by atoms with Crippen LogP contribution in [0, 0.1) is 5.92 Å². The van der Waals surface area contributed by atoms with Crippen LogP contribution in [0.3, 0.4) is 0 Å². The minimum absolute atomic E-state index is 0.0755. The molecule has 0 radical (unpaired) electrons. The molecule has 1 aromatic rings. The highest BCUT2D eigenvalue weighted by Gasteiger charge is 2.69. The van der Waals surface area contributed by atoms with Gasteiger partial charge in [-0.15, -0.1) is 0 Å². The van der Waals surface area contributed by atoms with Crippen LogP contribution >= 0.6 is 0 Å². The van der Waals surface area contributed by atoms with Crippen LogP contribution in [-0.4, -0.2) is 70.6 Å². The highest BCUT2D eigenvalue weighted by atomic mass is 16.3. The van der Waals surface area contributed by atoms with E-state index in [0.717, 1.165) is 32.7 Å². The van der Waals surface area contributed by atoms with E-state index in [1.807, 2.05) is 0 Å². The van der Waals surface area contributed by atoms with Gasteiger partial charge in [0.1, 0.15) is 30.7 Å². The summed E-state index contributed by atoms with van der Waals surface area (Å²) in [7, 11) is 4.35. The van der Waals surface area contributed by atoms with Crippen molar-refractivity contribution in [3.8, 4) is 0 Å². The fourth-order valence-corrected chi connectivity index (χ4v) is 5.66. The zero-order chi connectivity index (χ0) is 15.4. The first-order chi connectivity index (χ1) is 10.5. The van der Waals surface area contributed by atoms with Crippen molar-refractivity contribution in [1.29, 1.82) is 0 Å². The maximum atomic E-state index is 11.9. The molecule has 120 valence electrons. The van der Waals surface area contributed by atoms with Crippen LogP contribution in [-0.2, 0) is 5.41 Å². The molecule has 0 aromatic heterocycles. The van der Waals surface area contributed by atoms with E-state index in [2.05, 4.69) is 44.4 Å². The summed E-state index contributed by atoms with van der Waals surface area (Å²) in [5.74, 6) is 0.428. The second-order valence-electron chi connectivity index (χ2n) is 8.21. The standard InChI is InChI=1S/C18H27N3O/c1-19(2)14-18(22)16-10-20-8-9-21(11-16)13-17(18,12-20)15-6-4-3-5-7-15/h3-7,16,22H,8-14H2,1-2H3/p+3/t16?,17?,18-/m0/s1. The Labute approximate surface area is 133 Å². The summed E-state index contributed by atoms with van der Waals surface area (Å²) < 4.78 is 0. The molecule has 4 aliphatic heterocycles. The number of piperidine rings is 2. The third-order valence-corrected chi connectivity index (χ3v) is 6.46. The topological polar surface area (TPSA) is 33.6 Å². The maximum absolute atomic E-state index is 11.9. The van der Waals surface area contributed by atoms with Crippen molar-refractivity contribution in [2.24, 2.45) is 5.92 Å². The third-order valence-electron chi connectivity index (χ3n) is 6.46. The molecule has 2 unspecified atom stereocenters. The molecule has 4 aliphatic rings. The number of quaternary nitrogens is 3. The van der Waals surface area contributed by atoms with E-state index >= 15 is 0 Å². The molecule has 4 fully saturated rings. The fraction of sp³-hybridized carbons (Fsp3) is 0.667. The van der Waals surface area contributed by atoms with Crippen molar-refractivity contribution in [2.75, 3.05) is 59.9 Å². The van der Waals surface area contributed by atoms with Gasteiger partial charge in [-0.2, -0.15) is 0 Å². The van der Waals surface area contributed by atoms with Gasteiger partial charge in [0.25, 0.3) is 0 Å². The lowest BCUT2D eigenvalue weighted by atomic mass is 9.57. The molecule has 22 heavy (non-hydrogen) atoms. The van der Waals surface area contributed by atoms with Crippen molar-refractivity contribution in [3.63, 3.8) is 0 Å². The van der Waals surface area contributed by atoms with Crippen LogP contribution in [0.2, 0.25) is 0 Å². The lowest BCUT2D eigenvalue weighted by Crippen LogP contribution is -3.21. The number of hydrogen-bond acceptors (Lipinski definition) is 1. The van der Waals surface area contributed by atoms with Crippen molar-refractivity contribution in [3.05, 3.63) is 35.9 Å². The van der Waals surface area contributed by atoms with Crippen molar-refractivity contribution >= 4 is 0 Å². The lowest BCUT2D eigenvalue weighted by Gasteiger charge is -2.56. The van der Waals surface area contributed by atoms with Gasteiger partial charge in [0.05, 0.1) is 46.2 Å². The largest absolute Gasteiger partial charge is 0.382 e. The Hall–Kier alpha value is -0.940. The van der Waals surface area contributed by atoms with Gasteiger partial charge in [-0.1, -0.05) is 30.3 Å². The second-order valence-corrected chi connectivity index (χ2v) is 8.21. The Balaban J connectivity index is 1.86. The van der Waals surface area contributed by atoms with E-state index in [-0.39, 0.29) is 5.41 Å². The molecule has 5 rings (SSSR count). The molecule has 1 aromatic carbocycles. The first-order valence-electron chi connectivity index (χ1n) is 8.77. The summed E-state index contributed by atoms with van der Waals surface area (Å²) in [6.07, 6.45) is 0. The lowest BCUT2D eigenvalue weighted by molar-refractivity contribution is -0.921. The molecule has 4 heterocycles. The van der Waals surface area contributed by atoms with Gasteiger partial charge in [-0.25, -0.2) is 0 Å². The summed E-state index contributed by atoms with van der Waals surface area (Å²) in [6, 6.07) is 10.9. The number of aliphatic hydroxyl groups is 1. The smallest absolute Gasteiger partial charge is 0.147 e. The summed E-state index contributed by atoms with van der Waals surface area (Å²) in [5, 5.41) is 11.9. The molecule has 0 aliphatic carbocycles. The van der Waals surface area contributed by atoms with Gasteiger partial charge < -0.3 is 19.8 Å². The Morgan fingerprint density at radius 3 is 2.23 bits per heavy atom. The van der Waals surface area contributed by atoms with E-state index in [9.17, 15) is 5.11 Å². The summed E-state index contributed by atoms with van der Waals surface area (Å²) in [6.45, 7) is 7.90. The first-order valence-corrected chi connectivity index (χ1v) is 8.77. The predicted octanol–water partition coefficient (Wildman–Crippen LogP) is -3.77. The number of likely N-dealkylation sites (N-methyl/N-ethyl adjacent to an activating group) is 1. The number of nitrogens with one attached hydrogen (secondary N) is 3. The van der Waals surface area contributed by atoms with Crippen molar-refractivity contribution in [1.82, 2.24) is 0 Å². The maximum Gasteiger partial charge on any atom is 0.147 e. The molecular weight excluding hydrogens is 274 g/mol. The van der Waals surface area contributed by atoms with Crippen LogP contribution in [0.1, 0.15) is 5.56 Å². The van der Waals surface area contributed by atoms with Crippen LogP contribution in [0.25, 0.3) is 0 Å². The molecule has 0 spiro atoms. The number of rotatable bonds is 3. The highest BCUT2D eigenvalue weighted by molar-refractivity contribution is 5.33. The molecule has 0 amide bonds. The van der Waals surface area contributed by atoms with Gasteiger partial charge >= 0.3 is 0 Å². The normalized spacial score (nSPS) is 43.5. The van der Waals surface area contributed by atoms with E-state index in [1.165, 1.54) is 23.6 Å². The number of hydrogen-bond donors (Lipinski definition) is 4. The average Bonchev–Trinajstić information content (AvgIpc) is 2.74. The molecule has 0 saturated carbocycles. The zero-order valence-corrected chi connectivity index (χ0v) is 13.9. The van der Waals surface area contributed by atoms with Crippen molar-refractivity contribution in [2.45, 2.75) is 11.0 Å². The van der Waals surface area contributed by atoms with Gasteiger partial charge in [0.15, 0.2) is 0 Å². The van der Waals surface area contributed by atoms with E-state index < -0.39 is 5.60 Å². The minimum Gasteiger partial charge on any atom is -0.382 e.